The van der Waals surface area contributed by atoms with Gasteiger partial charge in [-0.2, -0.15) is 0 Å². The summed E-state index contributed by atoms with van der Waals surface area (Å²) in [4.78, 5) is 12.2. The van der Waals surface area contributed by atoms with Crippen LogP contribution in [0.1, 0.15) is 44.9 Å². The summed E-state index contributed by atoms with van der Waals surface area (Å²) in [6, 6.07) is 0. The summed E-state index contributed by atoms with van der Waals surface area (Å²) in [5.74, 6) is -0.127. The van der Waals surface area contributed by atoms with Gasteiger partial charge in [-0.25, -0.2) is 0 Å². The lowest BCUT2D eigenvalue weighted by atomic mass is 9.68. The van der Waals surface area contributed by atoms with Gasteiger partial charge in [-0.05, 0) is 25.7 Å². The fourth-order valence-corrected chi connectivity index (χ4v) is 3.69. The number of Topliss-reactive ketones (excluding diaryl/α,β-unsaturated/α-hetero) is 1. The first-order valence-corrected chi connectivity index (χ1v) is 6.10. The molecule has 0 aromatic heterocycles. The number of fused-ring (bicyclic) bond motifs is 1. The van der Waals surface area contributed by atoms with Crippen LogP contribution in [0.4, 0.5) is 0 Å². The van der Waals surface area contributed by atoms with Crippen molar-refractivity contribution in [1.82, 2.24) is 0 Å². The van der Waals surface area contributed by atoms with Gasteiger partial charge in [0.2, 0.25) is 0 Å². The molecule has 3 aliphatic rings. The van der Waals surface area contributed by atoms with Crippen LogP contribution in [0.3, 0.4) is 0 Å². The number of hydrogen-bond donors (Lipinski definition) is 0. The monoisotopic (exact) mass is 210 g/mol. The van der Waals surface area contributed by atoms with Crippen molar-refractivity contribution in [3.05, 3.63) is 0 Å². The quantitative estimate of drug-likeness (QED) is 0.613. The van der Waals surface area contributed by atoms with Gasteiger partial charge in [-0.15, -0.1) is 0 Å². The molecule has 0 bridgehead atoms. The Morgan fingerprint density at radius 1 is 0.933 bits per heavy atom. The molecule has 0 aromatic carbocycles. The Balaban J connectivity index is 1.97. The molecule has 3 fully saturated rings. The van der Waals surface area contributed by atoms with Crippen LogP contribution >= 0.6 is 0 Å². The number of carbonyl (C=O) groups excluding carboxylic acids is 1. The number of carbonyl (C=O) groups is 1. The summed E-state index contributed by atoms with van der Waals surface area (Å²) in [5.41, 5.74) is -0.276. The molecule has 0 amide bonds. The van der Waals surface area contributed by atoms with Gasteiger partial charge in [-0.1, -0.05) is 6.42 Å². The maximum Gasteiger partial charge on any atom is 0.180 e. The minimum atomic E-state index is -0.523. The molecule has 15 heavy (non-hydrogen) atoms. The maximum atomic E-state index is 12.2. The molecule has 0 aromatic rings. The third-order valence-electron chi connectivity index (χ3n) is 4.38. The number of hydrogen-bond acceptors (Lipinski definition) is 3. The first kappa shape index (κ1) is 9.79. The van der Waals surface area contributed by atoms with Crippen LogP contribution in [0.25, 0.3) is 0 Å². The van der Waals surface area contributed by atoms with E-state index >= 15 is 0 Å². The van der Waals surface area contributed by atoms with Crippen molar-refractivity contribution >= 4 is 5.78 Å². The minimum absolute atomic E-state index is 0.276. The molecule has 1 unspecified atom stereocenters. The Morgan fingerprint density at radius 2 is 1.67 bits per heavy atom. The average molecular weight is 210 g/mol. The molecular weight excluding hydrogens is 192 g/mol. The topological polar surface area (TPSA) is 35.5 Å². The Kier molecular flexibility index (Phi) is 2.15. The smallest absolute Gasteiger partial charge is 0.180 e. The van der Waals surface area contributed by atoms with Gasteiger partial charge in [0.05, 0.1) is 18.6 Å². The van der Waals surface area contributed by atoms with E-state index in [1.165, 1.54) is 0 Å². The first-order valence-electron chi connectivity index (χ1n) is 6.10. The minimum Gasteiger partial charge on any atom is -0.346 e. The standard InChI is InChI=1S/C12H18O3/c13-10-4-1-2-5-11(10)6-3-7-12(11)14-8-9-15-12/h1-9H2. The highest BCUT2D eigenvalue weighted by atomic mass is 16.7. The summed E-state index contributed by atoms with van der Waals surface area (Å²) >= 11 is 0. The number of rotatable bonds is 0. The van der Waals surface area contributed by atoms with E-state index in [0.29, 0.717) is 19.0 Å². The predicted octanol–water partition coefficient (Wildman–Crippen LogP) is 2.04. The zero-order valence-electron chi connectivity index (χ0n) is 9.09. The molecule has 3 nitrogen and oxygen atoms in total. The second kappa shape index (κ2) is 3.29. The molecule has 3 rings (SSSR count). The molecule has 2 aliphatic carbocycles. The molecule has 1 aliphatic heterocycles. The normalized spacial score (nSPS) is 39.3. The van der Waals surface area contributed by atoms with Crippen LogP contribution < -0.4 is 0 Å². The molecule has 0 N–H and O–H groups in total. The third kappa shape index (κ3) is 1.16. The lowest BCUT2D eigenvalue weighted by Crippen LogP contribution is -2.51. The fourth-order valence-electron chi connectivity index (χ4n) is 3.69. The third-order valence-corrected chi connectivity index (χ3v) is 4.38. The van der Waals surface area contributed by atoms with E-state index in [1.807, 2.05) is 0 Å². The highest BCUT2D eigenvalue weighted by Gasteiger charge is 2.62. The zero-order valence-corrected chi connectivity index (χ0v) is 9.09. The maximum absolute atomic E-state index is 12.2. The zero-order chi connectivity index (χ0) is 10.4. The van der Waals surface area contributed by atoms with Crippen molar-refractivity contribution in [3.63, 3.8) is 0 Å². The van der Waals surface area contributed by atoms with Gasteiger partial charge in [0.1, 0.15) is 5.78 Å². The molecule has 1 atom stereocenters. The van der Waals surface area contributed by atoms with E-state index in [9.17, 15) is 4.79 Å². The first-order chi connectivity index (χ1) is 7.29. The lowest BCUT2D eigenvalue weighted by Gasteiger charge is -2.42. The second-order valence-corrected chi connectivity index (χ2v) is 5.02. The molecule has 84 valence electrons. The van der Waals surface area contributed by atoms with Gasteiger partial charge >= 0.3 is 0 Å². The van der Waals surface area contributed by atoms with Crippen molar-refractivity contribution in [1.29, 1.82) is 0 Å². The Hall–Kier alpha value is -0.410. The Morgan fingerprint density at radius 3 is 2.40 bits per heavy atom. The molecular formula is C12H18O3. The van der Waals surface area contributed by atoms with E-state index < -0.39 is 5.79 Å². The molecule has 3 heteroatoms. The van der Waals surface area contributed by atoms with Gasteiger partial charge in [0.25, 0.3) is 0 Å². The summed E-state index contributed by atoms with van der Waals surface area (Å²) in [6.45, 7) is 1.32. The van der Waals surface area contributed by atoms with Crippen LogP contribution in [0.5, 0.6) is 0 Å². The summed E-state index contributed by atoms with van der Waals surface area (Å²) < 4.78 is 11.6. The van der Waals surface area contributed by atoms with Crippen LogP contribution in [-0.4, -0.2) is 24.8 Å². The number of ketones is 1. The molecule has 2 saturated carbocycles. The largest absolute Gasteiger partial charge is 0.346 e. The van der Waals surface area contributed by atoms with Gasteiger partial charge in [0.15, 0.2) is 5.79 Å². The Bertz CT molecular complexity index is 275. The van der Waals surface area contributed by atoms with Crippen LogP contribution in [0.15, 0.2) is 0 Å². The summed E-state index contributed by atoms with van der Waals surface area (Å²) in [7, 11) is 0. The fraction of sp³-hybridized carbons (Fsp3) is 0.917. The van der Waals surface area contributed by atoms with E-state index in [-0.39, 0.29) is 5.41 Å². The Labute approximate surface area is 90.1 Å². The van der Waals surface area contributed by atoms with Crippen molar-refractivity contribution in [2.45, 2.75) is 50.7 Å². The predicted molar refractivity (Wildman–Crippen MR) is 54.4 cm³/mol. The summed E-state index contributed by atoms with van der Waals surface area (Å²) in [6.07, 6.45) is 6.88. The summed E-state index contributed by atoms with van der Waals surface area (Å²) in [5, 5.41) is 0. The highest BCUT2D eigenvalue weighted by Crippen LogP contribution is 2.56. The van der Waals surface area contributed by atoms with Crippen molar-refractivity contribution < 1.29 is 14.3 Å². The highest BCUT2D eigenvalue weighted by molar-refractivity contribution is 5.87. The van der Waals surface area contributed by atoms with Crippen molar-refractivity contribution in [2.75, 3.05) is 13.2 Å². The van der Waals surface area contributed by atoms with Gasteiger partial charge in [-0.3, -0.25) is 4.79 Å². The molecule has 0 radical (unpaired) electrons. The van der Waals surface area contributed by atoms with E-state index in [0.717, 1.165) is 44.9 Å². The SMILES string of the molecule is O=C1CCCCC12CCCC21OCCO1. The second-order valence-electron chi connectivity index (χ2n) is 5.02. The molecule has 1 heterocycles. The molecule has 2 spiro atoms. The van der Waals surface area contributed by atoms with E-state index in [2.05, 4.69) is 0 Å². The van der Waals surface area contributed by atoms with Gasteiger partial charge in [0, 0.05) is 12.8 Å². The van der Waals surface area contributed by atoms with E-state index in [4.69, 9.17) is 9.47 Å². The van der Waals surface area contributed by atoms with Crippen molar-refractivity contribution in [2.24, 2.45) is 5.41 Å². The van der Waals surface area contributed by atoms with Crippen molar-refractivity contribution in [3.8, 4) is 0 Å². The molecule has 1 saturated heterocycles. The van der Waals surface area contributed by atoms with Crippen LogP contribution in [-0.2, 0) is 14.3 Å². The van der Waals surface area contributed by atoms with Crippen LogP contribution in [0, 0.1) is 5.41 Å². The lowest BCUT2D eigenvalue weighted by molar-refractivity contribution is -0.223. The van der Waals surface area contributed by atoms with E-state index in [1.54, 1.807) is 0 Å². The van der Waals surface area contributed by atoms with Crippen LogP contribution in [0.2, 0.25) is 0 Å². The van der Waals surface area contributed by atoms with Gasteiger partial charge < -0.3 is 9.47 Å². The number of ether oxygens (including phenoxy) is 2. The average Bonchev–Trinajstić information content (AvgIpc) is 2.83.